The number of hydrogen-bond donors (Lipinski definition) is 2. The molecule has 0 aliphatic carbocycles. The van der Waals surface area contributed by atoms with Crippen molar-refractivity contribution in [3.05, 3.63) is 65.5 Å². The number of benzene rings is 2. The summed E-state index contributed by atoms with van der Waals surface area (Å²) in [6.45, 7) is 4.28. The molecule has 0 aromatic heterocycles. The molecule has 0 heterocycles. The van der Waals surface area contributed by atoms with Gasteiger partial charge in [0.2, 0.25) is 0 Å². The largest absolute Gasteiger partial charge is 0.394 e. The highest BCUT2D eigenvalue weighted by atomic mass is 19.1. The van der Waals surface area contributed by atoms with Gasteiger partial charge in [-0.05, 0) is 35.6 Å². The van der Waals surface area contributed by atoms with Crippen LogP contribution >= 0.6 is 0 Å². The maximum atomic E-state index is 13.7. The lowest BCUT2D eigenvalue weighted by molar-refractivity contribution is 0.276. The van der Waals surface area contributed by atoms with Crippen LogP contribution < -0.4 is 5.32 Å². The molecule has 0 fully saturated rings. The maximum Gasteiger partial charge on any atom is 0.146 e. The van der Waals surface area contributed by atoms with E-state index in [1.807, 2.05) is 12.1 Å². The molecule has 2 aromatic rings. The molecule has 21 heavy (non-hydrogen) atoms. The van der Waals surface area contributed by atoms with E-state index in [4.69, 9.17) is 0 Å². The van der Waals surface area contributed by atoms with E-state index >= 15 is 0 Å². The van der Waals surface area contributed by atoms with Crippen molar-refractivity contribution in [2.75, 3.05) is 11.9 Å². The van der Waals surface area contributed by atoms with E-state index in [9.17, 15) is 9.50 Å². The zero-order valence-corrected chi connectivity index (χ0v) is 12.5. The van der Waals surface area contributed by atoms with E-state index < -0.39 is 0 Å². The molecular weight excluding hydrogens is 265 g/mol. The summed E-state index contributed by atoms with van der Waals surface area (Å²) in [4.78, 5) is 0. The van der Waals surface area contributed by atoms with Gasteiger partial charge in [-0.15, -0.1) is 0 Å². The summed E-state index contributed by atoms with van der Waals surface area (Å²) in [5.41, 5.74) is 2.63. The Morgan fingerprint density at radius 1 is 1.05 bits per heavy atom. The standard InChI is InChI=1S/C18H22FNO/c1-13(2)11-14-7-9-15(10-8-14)18(12-21)20-17-6-4-3-5-16(17)19/h3-10,13,18,20-21H,11-12H2,1-2H3. The first-order chi connectivity index (χ1) is 10.1. The summed E-state index contributed by atoms with van der Waals surface area (Å²) in [5, 5.41) is 12.6. The monoisotopic (exact) mass is 287 g/mol. The summed E-state index contributed by atoms with van der Waals surface area (Å²) in [7, 11) is 0. The number of halogens is 1. The number of nitrogens with one attached hydrogen (secondary N) is 1. The van der Waals surface area contributed by atoms with Crippen LogP contribution in [-0.2, 0) is 6.42 Å². The maximum absolute atomic E-state index is 13.7. The van der Waals surface area contributed by atoms with Crippen LogP contribution in [0.15, 0.2) is 48.5 Å². The SMILES string of the molecule is CC(C)Cc1ccc(C(CO)Nc2ccccc2F)cc1. The molecule has 2 aromatic carbocycles. The average Bonchev–Trinajstić information content (AvgIpc) is 2.47. The van der Waals surface area contributed by atoms with E-state index in [0.29, 0.717) is 11.6 Å². The number of hydrogen-bond acceptors (Lipinski definition) is 2. The van der Waals surface area contributed by atoms with Crippen molar-refractivity contribution in [1.29, 1.82) is 0 Å². The average molecular weight is 287 g/mol. The van der Waals surface area contributed by atoms with Gasteiger partial charge in [-0.3, -0.25) is 0 Å². The van der Waals surface area contributed by atoms with Crippen LogP contribution in [0.1, 0.15) is 31.0 Å². The summed E-state index contributed by atoms with van der Waals surface area (Å²) in [6, 6.07) is 14.3. The van der Waals surface area contributed by atoms with Crippen molar-refractivity contribution < 1.29 is 9.50 Å². The molecule has 1 atom stereocenters. The molecule has 0 saturated heterocycles. The number of rotatable bonds is 6. The molecular formula is C18H22FNO. The van der Waals surface area contributed by atoms with Gasteiger partial charge in [0.25, 0.3) is 0 Å². The van der Waals surface area contributed by atoms with E-state index in [0.717, 1.165) is 12.0 Å². The van der Waals surface area contributed by atoms with Gasteiger partial charge in [-0.2, -0.15) is 0 Å². The van der Waals surface area contributed by atoms with Gasteiger partial charge in [0.1, 0.15) is 5.82 Å². The van der Waals surface area contributed by atoms with Crippen LogP contribution in [0.25, 0.3) is 0 Å². The molecule has 0 aliphatic rings. The van der Waals surface area contributed by atoms with Crippen molar-refractivity contribution in [1.82, 2.24) is 0 Å². The Bertz CT molecular complexity index is 566. The van der Waals surface area contributed by atoms with Crippen LogP contribution in [0.2, 0.25) is 0 Å². The second-order valence-corrected chi connectivity index (χ2v) is 5.70. The minimum Gasteiger partial charge on any atom is -0.394 e. The Kier molecular flexibility index (Phi) is 5.34. The summed E-state index contributed by atoms with van der Waals surface area (Å²) < 4.78 is 13.7. The molecule has 0 aliphatic heterocycles. The number of para-hydroxylation sites is 1. The molecule has 0 amide bonds. The van der Waals surface area contributed by atoms with Crippen LogP contribution in [0.3, 0.4) is 0 Å². The number of aliphatic hydroxyl groups excluding tert-OH is 1. The Morgan fingerprint density at radius 2 is 1.71 bits per heavy atom. The van der Waals surface area contributed by atoms with Crippen molar-refractivity contribution in [2.45, 2.75) is 26.3 Å². The second-order valence-electron chi connectivity index (χ2n) is 5.70. The highest BCUT2D eigenvalue weighted by Gasteiger charge is 2.12. The molecule has 3 heteroatoms. The lowest BCUT2D eigenvalue weighted by atomic mass is 9.99. The fourth-order valence-electron chi connectivity index (χ4n) is 2.36. The number of anilines is 1. The van der Waals surface area contributed by atoms with E-state index in [1.54, 1.807) is 18.2 Å². The van der Waals surface area contributed by atoms with E-state index in [1.165, 1.54) is 11.6 Å². The Labute approximate surface area is 125 Å². The highest BCUT2D eigenvalue weighted by Crippen LogP contribution is 2.22. The molecule has 0 radical (unpaired) electrons. The fourth-order valence-corrected chi connectivity index (χ4v) is 2.36. The lowest BCUT2D eigenvalue weighted by Gasteiger charge is -2.19. The first-order valence-corrected chi connectivity index (χ1v) is 7.31. The van der Waals surface area contributed by atoms with E-state index in [2.05, 4.69) is 31.3 Å². The van der Waals surface area contributed by atoms with Crippen LogP contribution in [0.5, 0.6) is 0 Å². The molecule has 0 bridgehead atoms. The first kappa shape index (κ1) is 15.5. The van der Waals surface area contributed by atoms with Gasteiger partial charge >= 0.3 is 0 Å². The third kappa shape index (κ3) is 4.30. The van der Waals surface area contributed by atoms with Gasteiger partial charge in [0, 0.05) is 0 Å². The van der Waals surface area contributed by atoms with Gasteiger partial charge in [-0.25, -0.2) is 4.39 Å². The minimum absolute atomic E-state index is 0.0855. The van der Waals surface area contributed by atoms with Gasteiger partial charge < -0.3 is 10.4 Å². The fraction of sp³-hybridized carbons (Fsp3) is 0.333. The third-order valence-electron chi connectivity index (χ3n) is 3.41. The molecule has 0 spiro atoms. The molecule has 2 nitrogen and oxygen atoms in total. The zero-order valence-electron chi connectivity index (χ0n) is 12.5. The van der Waals surface area contributed by atoms with Crippen LogP contribution in [0, 0.1) is 11.7 Å². The first-order valence-electron chi connectivity index (χ1n) is 7.31. The Morgan fingerprint density at radius 3 is 2.29 bits per heavy atom. The minimum atomic E-state index is -0.313. The van der Waals surface area contributed by atoms with E-state index in [-0.39, 0.29) is 18.5 Å². The lowest BCUT2D eigenvalue weighted by Crippen LogP contribution is -2.15. The van der Waals surface area contributed by atoms with Gasteiger partial charge in [0.05, 0.1) is 18.3 Å². The predicted molar refractivity (Wildman–Crippen MR) is 84.8 cm³/mol. The number of aliphatic hydroxyl groups is 1. The topological polar surface area (TPSA) is 32.3 Å². The summed E-state index contributed by atoms with van der Waals surface area (Å²) >= 11 is 0. The smallest absolute Gasteiger partial charge is 0.146 e. The summed E-state index contributed by atoms with van der Waals surface area (Å²) in [5.74, 6) is 0.299. The Balaban J connectivity index is 2.12. The highest BCUT2D eigenvalue weighted by molar-refractivity contribution is 5.47. The van der Waals surface area contributed by atoms with Crippen molar-refractivity contribution in [2.24, 2.45) is 5.92 Å². The van der Waals surface area contributed by atoms with Crippen LogP contribution in [0.4, 0.5) is 10.1 Å². The molecule has 112 valence electrons. The predicted octanol–water partition coefficient (Wildman–Crippen LogP) is 4.17. The Hall–Kier alpha value is -1.87. The van der Waals surface area contributed by atoms with Crippen LogP contribution in [-0.4, -0.2) is 11.7 Å². The van der Waals surface area contributed by atoms with Crippen molar-refractivity contribution in [3.8, 4) is 0 Å². The third-order valence-corrected chi connectivity index (χ3v) is 3.41. The van der Waals surface area contributed by atoms with Crippen molar-refractivity contribution in [3.63, 3.8) is 0 Å². The zero-order chi connectivity index (χ0) is 15.2. The van der Waals surface area contributed by atoms with Gasteiger partial charge in [0.15, 0.2) is 0 Å². The quantitative estimate of drug-likeness (QED) is 0.835. The summed E-state index contributed by atoms with van der Waals surface area (Å²) in [6.07, 6.45) is 1.03. The molecule has 1 unspecified atom stereocenters. The second kappa shape index (κ2) is 7.23. The molecule has 0 saturated carbocycles. The molecule has 2 N–H and O–H groups in total. The molecule has 2 rings (SSSR count). The van der Waals surface area contributed by atoms with Crippen molar-refractivity contribution >= 4 is 5.69 Å². The normalized spacial score (nSPS) is 12.4. The van der Waals surface area contributed by atoms with Gasteiger partial charge in [-0.1, -0.05) is 50.2 Å².